The maximum atomic E-state index is 11.7. The lowest BCUT2D eigenvalue weighted by Crippen LogP contribution is -2.14. The minimum atomic E-state index is -3.85. The van der Waals surface area contributed by atoms with E-state index in [4.69, 9.17) is 9.88 Å². The summed E-state index contributed by atoms with van der Waals surface area (Å²) in [5.74, 6) is 0.281. The first-order valence-electron chi connectivity index (χ1n) is 5.97. The lowest BCUT2D eigenvalue weighted by molar-refractivity contribution is 0.295. The average molecular weight is 435 g/mol. The van der Waals surface area contributed by atoms with Gasteiger partial charge in [-0.3, -0.25) is 0 Å². The first-order chi connectivity index (χ1) is 9.77. The first-order valence-corrected chi connectivity index (χ1v) is 9.11. The van der Waals surface area contributed by atoms with Crippen molar-refractivity contribution in [3.63, 3.8) is 0 Å². The highest BCUT2D eigenvalue weighted by Gasteiger charge is 2.18. The molecule has 2 rings (SSSR count). The molecular formula is C14H13Br2NO3S. The fraction of sp³-hybridized carbons (Fsp3) is 0.143. The van der Waals surface area contributed by atoms with Crippen LogP contribution in [0.4, 0.5) is 0 Å². The van der Waals surface area contributed by atoms with Crippen molar-refractivity contribution in [2.45, 2.75) is 18.4 Å². The molecule has 7 heteroatoms. The molecule has 0 amide bonds. The van der Waals surface area contributed by atoms with Crippen LogP contribution in [0.15, 0.2) is 50.2 Å². The molecule has 21 heavy (non-hydrogen) atoms. The van der Waals surface area contributed by atoms with Gasteiger partial charge in [0.1, 0.15) is 17.3 Å². The largest absolute Gasteiger partial charge is 0.487 e. The Balaban J connectivity index is 2.33. The molecule has 0 atom stereocenters. The van der Waals surface area contributed by atoms with E-state index >= 15 is 0 Å². The first kappa shape index (κ1) is 16.5. The number of aryl methyl sites for hydroxylation is 1. The summed E-state index contributed by atoms with van der Waals surface area (Å²) < 4.78 is 30.7. The number of nitrogens with two attached hydrogens (primary N) is 1. The van der Waals surface area contributed by atoms with Gasteiger partial charge < -0.3 is 4.74 Å². The van der Waals surface area contributed by atoms with E-state index in [1.165, 1.54) is 6.07 Å². The van der Waals surface area contributed by atoms with E-state index in [1.54, 1.807) is 13.0 Å². The molecule has 0 fully saturated rings. The summed E-state index contributed by atoms with van der Waals surface area (Å²) >= 11 is 6.62. The summed E-state index contributed by atoms with van der Waals surface area (Å²) in [5.41, 5.74) is 1.63. The van der Waals surface area contributed by atoms with Crippen molar-refractivity contribution in [2.75, 3.05) is 0 Å². The van der Waals surface area contributed by atoms with E-state index in [2.05, 4.69) is 31.9 Å². The summed E-state index contributed by atoms with van der Waals surface area (Å²) in [6, 6.07) is 10.8. The molecule has 0 unspecified atom stereocenters. The number of benzene rings is 2. The lowest BCUT2D eigenvalue weighted by atomic mass is 10.2. The highest BCUT2D eigenvalue weighted by atomic mass is 79.9. The summed E-state index contributed by atoms with van der Waals surface area (Å²) in [4.78, 5) is -0.0218. The van der Waals surface area contributed by atoms with Crippen molar-refractivity contribution in [1.29, 1.82) is 0 Å². The minimum Gasteiger partial charge on any atom is -0.487 e. The number of rotatable bonds is 4. The van der Waals surface area contributed by atoms with E-state index in [1.807, 2.05) is 24.3 Å². The van der Waals surface area contributed by atoms with Gasteiger partial charge in [0.25, 0.3) is 0 Å². The molecule has 2 N–H and O–H groups in total. The van der Waals surface area contributed by atoms with Crippen LogP contribution in [0.5, 0.6) is 5.75 Å². The minimum absolute atomic E-state index is 0.0218. The molecule has 0 spiro atoms. The van der Waals surface area contributed by atoms with Gasteiger partial charge in [-0.1, -0.05) is 44.0 Å². The Hall–Kier alpha value is -0.890. The third-order valence-corrected chi connectivity index (χ3v) is 4.71. The fourth-order valence-corrected chi connectivity index (χ4v) is 3.59. The van der Waals surface area contributed by atoms with Gasteiger partial charge in [-0.15, -0.1) is 0 Å². The Labute approximate surface area is 140 Å². The van der Waals surface area contributed by atoms with Crippen LogP contribution in [0.2, 0.25) is 0 Å². The van der Waals surface area contributed by atoms with Crippen molar-refractivity contribution >= 4 is 41.9 Å². The van der Waals surface area contributed by atoms with Crippen molar-refractivity contribution in [2.24, 2.45) is 5.14 Å². The highest BCUT2D eigenvalue weighted by Crippen LogP contribution is 2.31. The second-order valence-electron chi connectivity index (χ2n) is 4.51. The fourth-order valence-electron chi connectivity index (χ4n) is 1.83. The van der Waals surface area contributed by atoms with Crippen LogP contribution in [0.3, 0.4) is 0 Å². The Morgan fingerprint density at radius 3 is 2.29 bits per heavy atom. The monoisotopic (exact) mass is 433 g/mol. The predicted octanol–water partition coefficient (Wildman–Crippen LogP) is 3.75. The van der Waals surface area contributed by atoms with Gasteiger partial charge in [-0.25, -0.2) is 13.6 Å². The number of hydrogen-bond acceptors (Lipinski definition) is 3. The number of ether oxygens (including phenoxy) is 1. The topological polar surface area (TPSA) is 69.4 Å². The zero-order valence-corrected chi connectivity index (χ0v) is 15.1. The predicted molar refractivity (Wildman–Crippen MR) is 88.7 cm³/mol. The van der Waals surface area contributed by atoms with Gasteiger partial charge in [0.15, 0.2) is 0 Å². The number of hydrogen-bond donors (Lipinski definition) is 1. The zero-order valence-electron chi connectivity index (χ0n) is 11.1. The Morgan fingerprint density at radius 1 is 1.10 bits per heavy atom. The standard InChI is InChI=1S/C14H13Br2NO3S/c1-9-6-12(16)7-13(21(17,18)19)14(9)20-8-10-2-4-11(15)5-3-10/h2-7H,8H2,1H3,(H2,17,18,19). The van der Waals surface area contributed by atoms with Crippen LogP contribution in [0.1, 0.15) is 11.1 Å². The molecule has 2 aromatic carbocycles. The number of halogens is 2. The number of primary sulfonamides is 1. The van der Waals surface area contributed by atoms with Crippen LogP contribution in [-0.2, 0) is 16.6 Å². The van der Waals surface area contributed by atoms with E-state index in [-0.39, 0.29) is 17.3 Å². The van der Waals surface area contributed by atoms with Gasteiger partial charge in [-0.05, 0) is 42.3 Å². The summed E-state index contributed by atoms with van der Waals surface area (Å²) in [7, 11) is -3.85. The second kappa shape index (κ2) is 6.48. The summed E-state index contributed by atoms with van der Waals surface area (Å²) in [6.45, 7) is 2.04. The molecule has 0 heterocycles. The SMILES string of the molecule is Cc1cc(Br)cc(S(N)(=O)=O)c1OCc1ccc(Br)cc1. The van der Waals surface area contributed by atoms with Crippen LogP contribution >= 0.6 is 31.9 Å². The summed E-state index contributed by atoms with van der Waals surface area (Å²) in [6.07, 6.45) is 0. The van der Waals surface area contributed by atoms with Crippen molar-refractivity contribution < 1.29 is 13.2 Å². The zero-order chi connectivity index (χ0) is 15.6. The molecule has 0 saturated heterocycles. The Morgan fingerprint density at radius 2 is 1.71 bits per heavy atom. The van der Waals surface area contributed by atoms with Gasteiger partial charge in [0.05, 0.1) is 0 Å². The molecule has 0 aliphatic carbocycles. The van der Waals surface area contributed by atoms with E-state index in [0.29, 0.717) is 10.0 Å². The molecule has 112 valence electrons. The van der Waals surface area contributed by atoms with Crippen molar-refractivity contribution in [3.05, 3.63) is 56.5 Å². The average Bonchev–Trinajstić information content (AvgIpc) is 2.38. The van der Waals surface area contributed by atoms with E-state index < -0.39 is 10.0 Å². The van der Waals surface area contributed by atoms with Crippen molar-refractivity contribution in [3.8, 4) is 5.75 Å². The maximum absolute atomic E-state index is 11.7. The van der Waals surface area contributed by atoms with Crippen LogP contribution in [-0.4, -0.2) is 8.42 Å². The Kier molecular flexibility index (Phi) is 5.08. The van der Waals surface area contributed by atoms with Crippen LogP contribution in [0.25, 0.3) is 0 Å². The molecular weight excluding hydrogens is 422 g/mol. The number of sulfonamides is 1. The van der Waals surface area contributed by atoms with Gasteiger partial charge in [0, 0.05) is 8.95 Å². The normalized spacial score (nSPS) is 11.4. The third-order valence-electron chi connectivity index (χ3n) is 2.81. The molecule has 0 saturated carbocycles. The third kappa shape index (κ3) is 4.29. The van der Waals surface area contributed by atoms with Crippen molar-refractivity contribution in [1.82, 2.24) is 0 Å². The second-order valence-corrected chi connectivity index (χ2v) is 7.87. The molecule has 0 aliphatic heterocycles. The maximum Gasteiger partial charge on any atom is 0.241 e. The summed E-state index contributed by atoms with van der Waals surface area (Å²) in [5, 5.41) is 5.25. The molecule has 4 nitrogen and oxygen atoms in total. The molecule has 2 aromatic rings. The molecule has 0 radical (unpaired) electrons. The van der Waals surface area contributed by atoms with Gasteiger partial charge in [0.2, 0.25) is 10.0 Å². The van der Waals surface area contributed by atoms with Crippen LogP contribution in [0, 0.1) is 6.92 Å². The van der Waals surface area contributed by atoms with E-state index in [9.17, 15) is 8.42 Å². The quantitative estimate of drug-likeness (QED) is 0.796. The Bertz CT molecular complexity index is 759. The molecule has 0 aliphatic rings. The lowest BCUT2D eigenvalue weighted by Gasteiger charge is -2.14. The van der Waals surface area contributed by atoms with Gasteiger partial charge in [-0.2, -0.15) is 0 Å². The van der Waals surface area contributed by atoms with Gasteiger partial charge >= 0.3 is 0 Å². The van der Waals surface area contributed by atoms with E-state index in [0.717, 1.165) is 10.0 Å². The highest BCUT2D eigenvalue weighted by molar-refractivity contribution is 9.10. The smallest absolute Gasteiger partial charge is 0.241 e. The van der Waals surface area contributed by atoms with Crippen LogP contribution < -0.4 is 9.88 Å². The molecule has 0 aromatic heterocycles. The molecule has 0 bridgehead atoms.